The largest absolute Gasteiger partial charge is 0.497 e. The molecule has 170 valence electrons. The van der Waals surface area contributed by atoms with Gasteiger partial charge >= 0.3 is 0 Å². The summed E-state index contributed by atoms with van der Waals surface area (Å²) >= 11 is 0. The minimum atomic E-state index is -0.755. The molecule has 0 aromatic heterocycles. The van der Waals surface area contributed by atoms with E-state index in [-0.39, 0.29) is 5.91 Å². The molecule has 7 nitrogen and oxygen atoms in total. The van der Waals surface area contributed by atoms with Crippen LogP contribution in [0.1, 0.15) is 34.0 Å². The summed E-state index contributed by atoms with van der Waals surface area (Å²) in [5, 5.41) is 6.60. The maximum atomic E-state index is 12.3. The van der Waals surface area contributed by atoms with Gasteiger partial charge in [-0.05, 0) is 73.5 Å². The van der Waals surface area contributed by atoms with Crippen molar-refractivity contribution in [2.45, 2.75) is 26.5 Å². The Morgan fingerprint density at radius 1 is 1.00 bits per heavy atom. The van der Waals surface area contributed by atoms with Crippen molar-refractivity contribution < 1.29 is 19.1 Å². The molecule has 1 unspecified atom stereocenters. The molecule has 33 heavy (non-hydrogen) atoms. The number of aryl methyl sites for hydroxylation is 1. The summed E-state index contributed by atoms with van der Waals surface area (Å²) < 4.78 is 10.9. The van der Waals surface area contributed by atoms with Crippen molar-refractivity contribution in [2.75, 3.05) is 7.11 Å². The molecular formula is C26H27N3O4. The Morgan fingerprint density at radius 2 is 1.70 bits per heavy atom. The molecule has 0 aliphatic heterocycles. The van der Waals surface area contributed by atoms with Crippen molar-refractivity contribution in [1.82, 2.24) is 10.7 Å². The van der Waals surface area contributed by atoms with Crippen molar-refractivity contribution in [2.24, 2.45) is 5.10 Å². The standard InChI is InChI=1S/C26H27N3O4/c1-18-5-4-6-21(15-18)17-33-24-11-7-20(8-12-24)16-27-29-25(30)19(2)28-26(31)22-9-13-23(32-3)14-10-22/h4-16,19H,17H2,1-3H3,(H,28,31)(H,29,30). The topological polar surface area (TPSA) is 89.0 Å². The van der Waals surface area contributed by atoms with Crippen molar-refractivity contribution in [1.29, 1.82) is 0 Å². The molecule has 7 heteroatoms. The predicted molar refractivity (Wildman–Crippen MR) is 128 cm³/mol. The van der Waals surface area contributed by atoms with Crippen LogP contribution in [0.2, 0.25) is 0 Å². The summed E-state index contributed by atoms with van der Waals surface area (Å²) in [5.41, 5.74) is 5.97. The zero-order valence-corrected chi connectivity index (χ0v) is 18.9. The van der Waals surface area contributed by atoms with Crippen molar-refractivity contribution >= 4 is 18.0 Å². The molecule has 3 aromatic carbocycles. The highest BCUT2D eigenvalue weighted by Gasteiger charge is 2.16. The lowest BCUT2D eigenvalue weighted by Gasteiger charge is -2.12. The van der Waals surface area contributed by atoms with Gasteiger partial charge in [-0.1, -0.05) is 29.8 Å². The first-order valence-electron chi connectivity index (χ1n) is 10.5. The number of carbonyl (C=O) groups excluding carboxylic acids is 2. The number of amides is 2. The smallest absolute Gasteiger partial charge is 0.262 e. The second-order valence-corrected chi connectivity index (χ2v) is 7.50. The van der Waals surface area contributed by atoms with Gasteiger partial charge in [-0.3, -0.25) is 9.59 Å². The summed E-state index contributed by atoms with van der Waals surface area (Å²) in [6.45, 7) is 4.13. The first-order valence-corrected chi connectivity index (χ1v) is 10.5. The summed E-state index contributed by atoms with van der Waals surface area (Å²) in [6, 6.07) is 21.4. The molecule has 0 spiro atoms. The van der Waals surface area contributed by atoms with Gasteiger partial charge in [0.2, 0.25) is 0 Å². The minimum Gasteiger partial charge on any atom is -0.497 e. The number of hydrazone groups is 1. The molecule has 0 heterocycles. The van der Waals surface area contributed by atoms with E-state index in [2.05, 4.69) is 21.9 Å². The van der Waals surface area contributed by atoms with Gasteiger partial charge in [-0.25, -0.2) is 5.43 Å². The van der Waals surface area contributed by atoms with Gasteiger partial charge in [0.05, 0.1) is 13.3 Å². The Balaban J connectivity index is 1.45. The van der Waals surface area contributed by atoms with Crippen LogP contribution in [0.4, 0.5) is 0 Å². The number of benzene rings is 3. The van der Waals surface area contributed by atoms with Crippen molar-refractivity contribution in [3.63, 3.8) is 0 Å². The molecule has 0 aliphatic rings. The van der Waals surface area contributed by atoms with Crippen LogP contribution < -0.4 is 20.2 Å². The van der Waals surface area contributed by atoms with Crippen LogP contribution in [-0.2, 0) is 11.4 Å². The summed E-state index contributed by atoms with van der Waals surface area (Å²) in [6.07, 6.45) is 1.53. The first-order chi connectivity index (χ1) is 15.9. The molecule has 3 rings (SSSR count). The van der Waals surface area contributed by atoms with Crippen LogP contribution in [-0.4, -0.2) is 31.2 Å². The average Bonchev–Trinajstić information content (AvgIpc) is 2.83. The molecule has 0 fully saturated rings. The van der Waals surface area contributed by atoms with Crippen LogP contribution in [0.15, 0.2) is 77.9 Å². The van der Waals surface area contributed by atoms with Crippen LogP contribution in [0.25, 0.3) is 0 Å². The molecule has 2 amide bonds. The molecule has 0 aliphatic carbocycles. The van der Waals surface area contributed by atoms with Crippen molar-refractivity contribution in [3.05, 3.63) is 95.1 Å². The van der Waals surface area contributed by atoms with E-state index in [0.29, 0.717) is 17.9 Å². The van der Waals surface area contributed by atoms with Gasteiger partial charge in [0.1, 0.15) is 24.1 Å². The van der Waals surface area contributed by atoms with Gasteiger partial charge in [0.15, 0.2) is 0 Å². The quantitative estimate of drug-likeness (QED) is 0.387. The number of nitrogens with one attached hydrogen (secondary N) is 2. The number of nitrogens with zero attached hydrogens (tertiary/aromatic N) is 1. The van der Waals surface area contributed by atoms with E-state index in [0.717, 1.165) is 16.9 Å². The van der Waals surface area contributed by atoms with Crippen molar-refractivity contribution in [3.8, 4) is 11.5 Å². The zero-order chi connectivity index (χ0) is 23.6. The highest BCUT2D eigenvalue weighted by Crippen LogP contribution is 2.14. The number of hydrogen-bond donors (Lipinski definition) is 2. The summed E-state index contributed by atoms with van der Waals surface area (Å²) in [4.78, 5) is 24.5. The van der Waals surface area contributed by atoms with E-state index in [1.807, 2.05) is 49.4 Å². The number of rotatable bonds is 9. The van der Waals surface area contributed by atoms with Gasteiger partial charge in [0.25, 0.3) is 11.8 Å². The fourth-order valence-corrected chi connectivity index (χ4v) is 2.97. The average molecular weight is 446 g/mol. The lowest BCUT2D eigenvalue weighted by atomic mass is 10.1. The highest BCUT2D eigenvalue weighted by atomic mass is 16.5. The lowest BCUT2D eigenvalue weighted by molar-refractivity contribution is -0.122. The molecule has 1 atom stereocenters. The third-order valence-electron chi connectivity index (χ3n) is 4.85. The zero-order valence-electron chi connectivity index (χ0n) is 18.9. The van der Waals surface area contributed by atoms with Gasteiger partial charge < -0.3 is 14.8 Å². The summed E-state index contributed by atoms with van der Waals surface area (Å²) in [5.74, 6) is 0.613. The molecule has 0 saturated carbocycles. The Hall–Kier alpha value is -4.13. The molecular weight excluding hydrogens is 418 g/mol. The number of ether oxygens (including phenoxy) is 2. The third kappa shape index (κ3) is 7.21. The second kappa shape index (κ2) is 11.5. The van der Waals surface area contributed by atoms with Crippen LogP contribution in [0, 0.1) is 6.92 Å². The third-order valence-corrected chi connectivity index (χ3v) is 4.85. The predicted octanol–water partition coefficient (Wildman–Crippen LogP) is 3.85. The first kappa shape index (κ1) is 23.5. The normalized spacial score (nSPS) is 11.6. The van der Waals surface area contributed by atoms with Crippen LogP contribution in [0.5, 0.6) is 11.5 Å². The summed E-state index contributed by atoms with van der Waals surface area (Å²) in [7, 11) is 1.55. The monoisotopic (exact) mass is 445 g/mol. The molecule has 3 aromatic rings. The Kier molecular flexibility index (Phi) is 8.18. The Bertz CT molecular complexity index is 1110. The fourth-order valence-electron chi connectivity index (χ4n) is 2.97. The van der Waals surface area contributed by atoms with Crippen LogP contribution >= 0.6 is 0 Å². The lowest BCUT2D eigenvalue weighted by Crippen LogP contribution is -2.43. The molecule has 2 N–H and O–H groups in total. The Morgan fingerprint density at radius 3 is 2.36 bits per heavy atom. The van der Waals surface area contributed by atoms with E-state index in [1.165, 1.54) is 11.8 Å². The Labute approximate surface area is 193 Å². The van der Waals surface area contributed by atoms with E-state index < -0.39 is 11.9 Å². The number of carbonyl (C=O) groups is 2. The van der Waals surface area contributed by atoms with E-state index >= 15 is 0 Å². The van der Waals surface area contributed by atoms with E-state index in [9.17, 15) is 9.59 Å². The minimum absolute atomic E-state index is 0.356. The fraction of sp³-hybridized carbons (Fsp3) is 0.192. The number of hydrogen-bond acceptors (Lipinski definition) is 5. The van der Waals surface area contributed by atoms with Gasteiger partial charge in [-0.2, -0.15) is 5.10 Å². The van der Waals surface area contributed by atoms with Gasteiger partial charge in [-0.15, -0.1) is 0 Å². The molecule has 0 saturated heterocycles. The number of methoxy groups -OCH3 is 1. The maximum absolute atomic E-state index is 12.3. The second-order valence-electron chi connectivity index (χ2n) is 7.50. The highest BCUT2D eigenvalue weighted by molar-refractivity contribution is 5.97. The SMILES string of the molecule is COc1ccc(C(=O)NC(C)C(=O)NN=Cc2ccc(OCc3cccc(C)c3)cc2)cc1. The van der Waals surface area contributed by atoms with Crippen LogP contribution in [0.3, 0.4) is 0 Å². The molecule has 0 bridgehead atoms. The van der Waals surface area contributed by atoms with E-state index in [1.54, 1.807) is 38.3 Å². The van der Waals surface area contributed by atoms with Gasteiger partial charge in [0, 0.05) is 5.56 Å². The molecule has 0 radical (unpaired) electrons. The maximum Gasteiger partial charge on any atom is 0.262 e. The van der Waals surface area contributed by atoms with E-state index in [4.69, 9.17) is 9.47 Å².